The molecule has 1 N–H and O–H groups in total. The molecule has 0 bridgehead atoms. The van der Waals surface area contributed by atoms with Crippen LogP contribution < -0.4 is 5.32 Å². The summed E-state index contributed by atoms with van der Waals surface area (Å²) in [6, 6.07) is 0. The average Bonchev–Trinajstić information content (AvgIpc) is 2.29. The van der Waals surface area contributed by atoms with Crippen LogP contribution in [-0.2, 0) is 4.79 Å². The molecule has 17 heavy (non-hydrogen) atoms. The molecule has 4 heteroatoms. The molecule has 98 valence electrons. The number of likely N-dealkylation sites (tertiary alicyclic amines) is 1. The number of carbonyl (C=O) groups is 1. The Morgan fingerprint density at radius 3 is 2.35 bits per heavy atom. The molecule has 2 saturated heterocycles. The zero-order valence-corrected chi connectivity index (χ0v) is 11.1. The monoisotopic (exact) mass is 239 g/mol. The molecule has 0 saturated carbocycles. The van der Waals surface area contributed by atoms with Gasteiger partial charge in [0.25, 0.3) is 0 Å². The highest BCUT2D eigenvalue weighted by molar-refractivity contribution is 5.78. The molecule has 0 spiro atoms. The minimum Gasteiger partial charge on any atom is -0.341 e. The zero-order valence-electron chi connectivity index (χ0n) is 11.1. The SMILES string of the molecule is C[C@H]1C[C@H](C)CN(C(=O)CN2CCNCC2)C1. The highest BCUT2D eigenvalue weighted by Crippen LogP contribution is 2.20. The zero-order chi connectivity index (χ0) is 12.3. The summed E-state index contributed by atoms with van der Waals surface area (Å²) in [5, 5.41) is 3.32. The van der Waals surface area contributed by atoms with Crippen molar-refractivity contribution in [3.05, 3.63) is 0 Å². The smallest absolute Gasteiger partial charge is 0.236 e. The van der Waals surface area contributed by atoms with Gasteiger partial charge in [0.15, 0.2) is 0 Å². The van der Waals surface area contributed by atoms with Gasteiger partial charge in [-0.2, -0.15) is 0 Å². The van der Waals surface area contributed by atoms with E-state index in [4.69, 9.17) is 0 Å². The van der Waals surface area contributed by atoms with Crippen molar-refractivity contribution in [3.8, 4) is 0 Å². The second kappa shape index (κ2) is 5.83. The molecule has 2 heterocycles. The summed E-state index contributed by atoms with van der Waals surface area (Å²) in [6.07, 6.45) is 1.26. The Kier molecular flexibility index (Phi) is 4.40. The lowest BCUT2D eigenvalue weighted by Crippen LogP contribution is -2.50. The van der Waals surface area contributed by atoms with Crippen LogP contribution in [0.25, 0.3) is 0 Å². The molecular weight excluding hydrogens is 214 g/mol. The normalized spacial score (nSPS) is 31.5. The molecule has 0 aromatic carbocycles. The highest BCUT2D eigenvalue weighted by Gasteiger charge is 2.26. The third-order valence-electron chi connectivity index (χ3n) is 3.79. The Morgan fingerprint density at radius 2 is 1.76 bits per heavy atom. The van der Waals surface area contributed by atoms with Crippen LogP contribution in [0.3, 0.4) is 0 Å². The molecule has 2 aliphatic rings. The van der Waals surface area contributed by atoms with Crippen molar-refractivity contribution in [3.63, 3.8) is 0 Å². The van der Waals surface area contributed by atoms with E-state index >= 15 is 0 Å². The minimum atomic E-state index is 0.324. The van der Waals surface area contributed by atoms with E-state index in [1.165, 1.54) is 6.42 Å². The van der Waals surface area contributed by atoms with Crippen molar-refractivity contribution in [1.29, 1.82) is 0 Å². The van der Waals surface area contributed by atoms with E-state index in [9.17, 15) is 4.79 Å². The van der Waals surface area contributed by atoms with Crippen molar-refractivity contribution < 1.29 is 4.79 Å². The maximum absolute atomic E-state index is 12.2. The predicted molar refractivity (Wildman–Crippen MR) is 68.8 cm³/mol. The number of hydrogen-bond acceptors (Lipinski definition) is 3. The van der Waals surface area contributed by atoms with Crippen molar-refractivity contribution >= 4 is 5.91 Å². The van der Waals surface area contributed by atoms with Crippen LogP contribution in [0, 0.1) is 11.8 Å². The van der Waals surface area contributed by atoms with E-state index in [1.54, 1.807) is 0 Å². The van der Waals surface area contributed by atoms with Crippen LogP contribution in [0.1, 0.15) is 20.3 Å². The van der Waals surface area contributed by atoms with Crippen molar-refractivity contribution in [1.82, 2.24) is 15.1 Å². The highest BCUT2D eigenvalue weighted by atomic mass is 16.2. The number of amides is 1. The van der Waals surface area contributed by atoms with Crippen LogP contribution in [0.5, 0.6) is 0 Å². The second-order valence-corrected chi connectivity index (χ2v) is 5.77. The molecule has 1 amide bonds. The fraction of sp³-hybridized carbons (Fsp3) is 0.923. The van der Waals surface area contributed by atoms with Gasteiger partial charge in [-0.1, -0.05) is 13.8 Å². The summed E-state index contributed by atoms with van der Waals surface area (Å²) in [7, 11) is 0. The van der Waals surface area contributed by atoms with Gasteiger partial charge in [0, 0.05) is 39.3 Å². The van der Waals surface area contributed by atoms with Gasteiger partial charge < -0.3 is 10.2 Å². The Bertz CT molecular complexity index is 253. The van der Waals surface area contributed by atoms with E-state index in [0.717, 1.165) is 39.3 Å². The van der Waals surface area contributed by atoms with Gasteiger partial charge in [-0.05, 0) is 18.3 Å². The van der Waals surface area contributed by atoms with Gasteiger partial charge in [0.2, 0.25) is 5.91 Å². The van der Waals surface area contributed by atoms with Gasteiger partial charge in [-0.15, -0.1) is 0 Å². The number of piperidine rings is 1. The molecule has 2 rings (SSSR count). The first-order chi connectivity index (χ1) is 8.15. The van der Waals surface area contributed by atoms with Gasteiger partial charge >= 0.3 is 0 Å². The number of piperazine rings is 1. The van der Waals surface area contributed by atoms with Crippen LogP contribution in [0.15, 0.2) is 0 Å². The fourth-order valence-corrected chi connectivity index (χ4v) is 3.03. The van der Waals surface area contributed by atoms with Crippen molar-refractivity contribution in [2.45, 2.75) is 20.3 Å². The third-order valence-corrected chi connectivity index (χ3v) is 3.79. The molecule has 2 fully saturated rings. The summed E-state index contributed by atoms with van der Waals surface area (Å²) in [6.45, 7) is 11.1. The quantitative estimate of drug-likeness (QED) is 0.757. The minimum absolute atomic E-state index is 0.324. The summed E-state index contributed by atoms with van der Waals surface area (Å²) in [5.74, 6) is 1.64. The molecular formula is C13H25N3O. The molecule has 0 aromatic heterocycles. The summed E-state index contributed by atoms with van der Waals surface area (Å²) >= 11 is 0. The maximum atomic E-state index is 12.2. The van der Waals surface area contributed by atoms with Gasteiger partial charge in [-0.25, -0.2) is 0 Å². The Morgan fingerprint density at radius 1 is 1.18 bits per heavy atom. The summed E-state index contributed by atoms with van der Waals surface area (Å²) in [5.41, 5.74) is 0. The Balaban J connectivity index is 1.81. The van der Waals surface area contributed by atoms with Gasteiger partial charge in [-0.3, -0.25) is 9.69 Å². The summed E-state index contributed by atoms with van der Waals surface area (Å²) < 4.78 is 0. The lowest BCUT2D eigenvalue weighted by Gasteiger charge is -2.36. The molecule has 0 radical (unpaired) electrons. The first-order valence-corrected chi connectivity index (χ1v) is 6.86. The van der Waals surface area contributed by atoms with Gasteiger partial charge in [0.1, 0.15) is 0 Å². The van der Waals surface area contributed by atoms with Crippen LogP contribution in [0.4, 0.5) is 0 Å². The van der Waals surface area contributed by atoms with Crippen molar-refractivity contribution in [2.24, 2.45) is 11.8 Å². The topological polar surface area (TPSA) is 35.6 Å². The number of nitrogens with one attached hydrogen (secondary N) is 1. The number of rotatable bonds is 2. The number of nitrogens with zero attached hydrogens (tertiary/aromatic N) is 2. The Hall–Kier alpha value is -0.610. The average molecular weight is 239 g/mol. The molecule has 4 nitrogen and oxygen atoms in total. The molecule has 0 aliphatic carbocycles. The molecule has 0 aromatic rings. The fourth-order valence-electron chi connectivity index (χ4n) is 3.03. The van der Waals surface area contributed by atoms with E-state index in [1.807, 2.05) is 0 Å². The van der Waals surface area contributed by atoms with E-state index < -0.39 is 0 Å². The van der Waals surface area contributed by atoms with Crippen LogP contribution in [0.2, 0.25) is 0 Å². The lowest BCUT2D eigenvalue weighted by molar-refractivity contribution is -0.135. The first kappa shape index (κ1) is 12.8. The van der Waals surface area contributed by atoms with Crippen LogP contribution >= 0.6 is 0 Å². The third kappa shape index (κ3) is 3.68. The van der Waals surface area contributed by atoms with Crippen molar-refractivity contribution in [2.75, 3.05) is 45.8 Å². The molecule has 0 unspecified atom stereocenters. The van der Waals surface area contributed by atoms with E-state index in [2.05, 4.69) is 29.0 Å². The van der Waals surface area contributed by atoms with E-state index in [-0.39, 0.29) is 0 Å². The first-order valence-electron chi connectivity index (χ1n) is 6.86. The second-order valence-electron chi connectivity index (χ2n) is 5.77. The maximum Gasteiger partial charge on any atom is 0.236 e. The summed E-state index contributed by atoms with van der Waals surface area (Å²) in [4.78, 5) is 16.6. The van der Waals surface area contributed by atoms with Crippen LogP contribution in [-0.4, -0.2) is 61.5 Å². The lowest BCUT2D eigenvalue weighted by atomic mass is 9.92. The number of carbonyl (C=O) groups excluding carboxylic acids is 1. The van der Waals surface area contributed by atoms with Gasteiger partial charge in [0.05, 0.1) is 6.54 Å². The molecule has 2 aliphatic heterocycles. The Labute approximate surface area is 104 Å². The standard InChI is InChI=1S/C13H25N3O/c1-11-7-12(2)9-16(8-11)13(17)10-15-5-3-14-4-6-15/h11-12,14H,3-10H2,1-2H3/t11-,12-/m0/s1. The predicted octanol–water partition coefficient (Wildman–Crippen LogP) is 0.396. The van der Waals surface area contributed by atoms with E-state index in [0.29, 0.717) is 24.3 Å². The molecule has 2 atom stereocenters. The largest absolute Gasteiger partial charge is 0.341 e. The number of hydrogen-bond donors (Lipinski definition) is 1.